The smallest absolute Gasteiger partial charge is 0.136 e. The van der Waals surface area contributed by atoms with Gasteiger partial charge in [-0.2, -0.15) is 0 Å². The van der Waals surface area contributed by atoms with Crippen LogP contribution in [0.15, 0.2) is 42.6 Å². The van der Waals surface area contributed by atoms with Crippen LogP contribution in [0.5, 0.6) is 0 Å². The third-order valence-corrected chi connectivity index (χ3v) is 3.54. The van der Waals surface area contributed by atoms with Gasteiger partial charge in [-0.1, -0.05) is 32.0 Å². The van der Waals surface area contributed by atoms with Crippen LogP contribution in [0.4, 0.5) is 17.2 Å². The minimum Gasteiger partial charge on any atom is -0.382 e. The normalized spacial score (nSPS) is 14.2. The fourth-order valence-corrected chi connectivity index (χ4v) is 2.59. The van der Waals surface area contributed by atoms with E-state index in [1.807, 2.05) is 12.3 Å². The quantitative estimate of drug-likeness (QED) is 0.883. The molecule has 3 nitrogen and oxygen atoms in total. The molecular weight excluding hydrogens is 234 g/mol. The van der Waals surface area contributed by atoms with Crippen molar-refractivity contribution in [3.8, 4) is 0 Å². The van der Waals surface area contributed by atoms with E-state index in [0.717, 1.165) is 18.9 Å². The lowest BCUT2D eigenvalue weighted by Crippen LogP contribution is -2.31. The first-order valence-corrected chi connectivity index (χ1v) is 6.82. The summed E-state index contributed by atoms with van der Waals surface area (Å²) in [6.07, 6.45) is 1.88. The molecule has 0 radical (unpaired) electrons. The Kier molecular flexibility index (Phi) is 3.11. The minimum absolute atomic E-state index is 0.478. The molecule has 1 aromatic heterocycles. The van der Waals surface area contributed by atoms with Crippen LogP contribution in [0.1, 0.15) is 25.3 Å². The van der Waals surface area contributed by atoms with Crippen LogP contribution in [-0.4, -0.2) is 18.1 Å². The number of anilines is 3. The molecule has 0 amide bonds. The third kappa shape index (κ3) is 2.16. The van der Waals surface area contributed by atoms with E-state index < -0.39 is 0 Å². The average molecular weight is 253 g/mol. The zero-order valence-corrected chi connectivity index (χ0v) is 11.4. The highest BCUT2D eigenvalue weighted by Crippen LogP contribution is 2.36. The van der Waals surface area contributed by atoms with Crippen molar-refractivity contribution in [3.05, 3.63) is 48.2 Å². The van der Waals surface area contributed by atoms with Crippen LogP contribution in [0.25, 0.3) is 0 Å². The number of aromatic nitrogens is 1. The van der Waals surface area contributed by atoms with Gasteiger partial charge >= 0.3 is 0 Å². The molecule has 0 atom stereocenters. The van der Waals surface area contributed by atoms with Crippen molar-refractivity contribution in [1.29, 1.82) is 0 Å². The largest absolute Gasteiger partial charge is 0.382 e. The maximum Gasteiger partial charge on any atom is 0.136 e. The lowest BCUT2D eigenvalue weighted by molar-refractivity contribution is 0.829. The van der Waals surface area contributed by atoms with E-state index in [-0.39, 0.29) is 0 Å². The van der Waals surface area contributed by atoms with Gasteiger partial charge in [0.15, 0.2) is 0 Å². The summed E-state index contributed by atoms with van der Waals surface area (Å²) in [6.45, 7) is 6.34. The van der Waals surface area contributed by atoms with Gasteiger partial charge in [-0.15, -0.1) is 0 Å². The molecule has 0 aliphatic carbocycles. The van der Waals surface area contributed by atoms with Crippen LogP contribution in [0, 0.1) is 0 Å². The van der Waals surface area contributed by atoms with Crippen LogP contribution in [0.3, 0.4) is 0 Å². The Morgan fingerprint density at radius 2 is 2.00 bits per heavy atom. The van der Waals surface area contributed by atoms with E-state index in [0.29, 0.717) is 5.92 Å². The molecule has 1 aromatic carbocycles. The first kappa shape index (κ1) is 12.0. The summed E-state index contributed by atoms with van der Waals surface area (Å²) in [5.74, 6) is 1.57. The fourth-order valence-electron chi connectivity index (χ4n) is 2.59. The second-order valence-electron chi connectivity index (χ2n) is 5.17. The van der Waals surface area contributed by atoms with Crippen molar-refractivity contribution in [2.45, 2.75) is 19.8 Å². The Morgan fingerprint density at radius 1 is 1.16 bits per heavy atom. The van der Waals surface area contributed by atoms with Gasteiger partial charge in [0.25, 0.3) is 0 Å². The molecule has 1 N–H and O–H groups in total. The summed E-state index contributed by atoms with van der Waals surface area (Å²) >= 11 is 0. The number of hydrogen-bond donors (Lipinski definition) is 1. The monoisotopic (exact) mass is 253 g/mol. The number of nitrogens with zero attached hydrogens (tertiary/aromatic N) is 2. The van der Waals surface area contributed by atoms with Crippen molar-refractivity contribution >= 4 is 17.2 Å². The molecule has 98 valence electrons. The van der Waals surface area contributed by atoms with Crippen molar-refractivity contribution in [3.63, 3.8) is 0 Å². The zero-order chi connectivity index (χ0) is 13.2. The highest BCUT2D eigenvalue weighted by molar-refractivity contribution is 5.78. The van der Waals surface area contributed by atoms with E-state index in [4.69, 9.17) is 0 Å². The van der Waals surface area contributed by atoms with E-state index >= 15 is 0 Å². The van der Waals surface area contributed by atoms with Gasteiger partial charge in [-0.25, -0.2) is 4.98 Å². The van der Waals surface area contributed by atoms with Crippen LogP contribution >= 0.6 is 0 Å². The molecular formula is C16H19N3. The van der Waals surface area contributed by atoms with Gasteiger partial charge in [-0.3, -0.25) is 0 Å². The molecule has 0 fully saturated rings. The Labute approximate surface area is 114 Å². The average Bonchev–Trinajstić information content (AvgIpc) is 2.46. The first-order chi connectivity index (χ1) is 9.27. The van der Waals surface area contributed by atoms with Crippen molar-refractivity contribution < 1.29 is 0 Å². The van der Waals surface area contributed by atoms with Crippen molar-refractivity contribution in [2.24, 2.45) is 0 Å². The summed E-state index contributed by atoms with van der Waals surface area (Å²) < 4.78 is 0. The van der Waals surface area contributed by atoms with E-state index in [9.17, 15) is 0 Å². The molecule has 0 bridgehead atoms. The maximum atomic E-state index is 4.62. The first-order valence-electron chi connectivity index (χ1n) is 6.82. The molecule has 0 saturated heterocycles. The number of para-hydroxylation sites is 2. The Bertz CT molecular complexity index is 578. The standard InChI is InChI=1S/C16H19N3/c1-12(2)13-6-5-9-18-16(13)19-11-10-17-14-7-3-4-8-15(14)19/h3-9,12,17H,10-11H2,1-2H3. The maximum absolute atomic E-state index is 4.62. The number of benzene rings is 1. The number of fused-ring (bicyclic) bond motifs is 1. The molecule has 2 heterocycles. The topological polar surface area (TPSA) is 28.2 Å². The predicted octanol–water partition coefficient (Wildman–Crippen LogP) is 3.77. The summed E-state index contributed by atoms with van der Waals surface area (Å²) in [5, 5.41) is 3.44. The number of nitrogens with one attached hydrogen (secondary N) is 1. The molecule has 0 saturated carbocycles. The Hall–Kier alpha value is -2.03. The number of hydrogen-bond acceptors (Lipinski definition) is 3. The summed E-state index contributed by atoms with van der Waals surface area (Å²) in [4.78, 5) is 6.94. The van der Waals surface area contributed by atoms with Gasteiger partial charge in [-0.05, 0) is 29.7 Å². The molecule has 2 aromatic rings. The van der Waals surface area contributed by atoms with Gasteiger partial charge in [0, 0.05) is 19.3 Å². The van der Waals surface area contributed by atoms with Crippen molar-refractivity contribution in [2.75, 3.05) is 23.3 Å². The van der Waals surface area contributed by atoms with Gasteiger partial charge < -0.3 is 10.2 Å². The summed E-state index contributed by atoms with van der Waals surface area (Å²) in [5.41, 5.74) is 3.71. The molecule has 19 heavy (non-hydrogen) atoms. The molecule has 0 spiro atoms. The zero-order valence-electron chi connectivity index (χ0n) is 11.4. The van der Waals surface area contributed by atoms with Crippen LogP contribution in [-0.2, 0) is 0 Å². The second-order valence-corrected chi connectivity index (χ2v) is 5.17. The lowest BCUT2D eigenvalue weighted by atomic mass is 10.0. The molecule has 0 unspecified atom stereocenters. The minimum atomic E-state index is 0.478. The Morgan fingerprint density at radius 3 is 2.84 bits per heavy atom. The third-order valence-electron chi connectivity index (χ3n) is 3.54. The van der Waals surface area contributed by atoms with Gasteiger partial charge in [0.05, 0.1) is 11.4 Å². The van der Waals surface area contributed by atoms with E-state index in [1.165, 1.54) is 16.9 Å². The summed E-state index contributed by atoms with van der Waals surface area (Å²) in [7, 11) is 0. The Balaban J connectivity index is 2.09. The molecule has 1 aliphatic rings. The van der Waals surface area contributed by atoms with Crippen LogP contribution < -0.4 is 10.2 Å². The van der Waals surface area contributed by atoms with E-state index in [1.54, 1.807) is 0 Å². The highest BCUT2D eigenvalue weighted by Gasteiger charge is 2.21. The lowest BCUT2D eigenvalue weighted by Gasteiger charge is -2.32. The molecule has 1 aliphatic heterocycles. The van der Waals surface area contributed by atoms with Gasteiger partial charge in [0.2, 0.25) is 0 Å². The number of pyridine rings is 1. The molecule has 3 rings (SSSR count). The highest BCUT2D eigenvalue weighted by atomic mass is 15.2. The van der Waals surface area contributed by atoms with E-state index in [2.05, 4.69) is 59.4 Å². The summed E-state index contributed by atoms with van der Waals surface area (Å²) in [6, 6.07) is 12.6. The SMILES string of the molecule is CC(C)c1cccnc1N1CCNc2ccccc21. The van der Waals surface area contributed by atoms with Crippen molar-refractivity contribution in [1.82, 2.24) is 4.98 Å². The number of rotatable bonds is 2. The fraction of sp³-hybridized carbons (Fsp3) is 0.312. The molecule has 3 heteroatoms. The van der Waals surface area contributed by atoms with Gasteiger partial charge in [0.1, 0.15) is 5.82 Å². The second kappa shape index (κ2) is 4.92. The van der Waals surface area contributed by atoms with Crippen LogP contribution in [0.2, 0.25) is 0 Å². The predicted molar refractivity (Wildman–Crippen MR) is 80.3 cm³/mol.